The molecule has 0 N–H and O–H groups in total. The van der Waals surface area contributed by atoms with E-state index in [1.807, 2.05) is 35.9 Å². The molecular formula is C20H16ClFN4. The summed E-state index contributed by atoms with van der Waals surface area (Å²) in [5, 5.41) is 0.430. The average molecular weight is 367 g/mol. The number of rotatable bonds is 2. The number of halogens is 2. The summed E-state index contributed by atoms with van der Waals surface area (Å²) in [6, 6.07) is 7.15. The van der Waals surface area contributed by atoms with Crippen molar-refractivity contribution in [1.82, 2.24) is 18.9 Å². The fourth-order valence-electron chi connectivity index (χ4n) is 3.71. The molecule has 5 rings (SSSR count). The lowest BCUT2D eigenvalue weighted by Crippen LogP contribution is -1.98. The molecule has 0 radical (unpaired) electrons. The van der Waals surface area contributed by atoms with E-state index in [-0.39, 0.29) is 5.82 Å². The monoisotopic (exact) mass is 366 g/mol. The van der Waals surface area contributed by atoms with Crippen LogP contribution >= 0.6 is 11.6 Å². The van der Waals surface area contributed by atoms with Crippen LogP contribution in [0.5, 0.6) is 0 Å². The third kappa shape index (κ3) is 2.27. The van der Waals surface area contributed by atoms with Gasteiger partial charge in [-0.2, -0.15) is 0 Å². The quantitative estimate of drug-likeness (QED) is 0.505. The minimum absolute atomic E-state index is 0.345. The van der Waals surface area contributed by atoms with Crippen LogP contribution < -0.4 is 0 Å². The molecule has 26 heavy (non-hydrogen) atoms. The van der Waals surface area contributed by atoms with Crippen molar-refractivity contribution in [2.24, 2.45) is 0 Å². The molecule has 0 saturated carbocycles. The molecule has 0 spiro atoms. The molecule has 1 aliphatic heterocycles. The Morgan fingerprint density at radius 1 is 1.23 bits per heavy atom. The summed E-state index contributed by atoms with van der Waals surface area (Å²) in [5.74, 6) is 0.662. The highest BCUT2D eigenvalue weighted by atomic mass is 35.5. The van der Waals surface area contributed by atoms with Gasteiger partial charge >= 0.3 is 0 Å². The molecule has 0 unspecified atom stereocenters. The van der Waals surface area contributed by atoms with E-state index >= 15 is 0 Å². The second-order valence-electron chi connectivity index (χ2n) is 6.67. The van der Waals surface area contributed by atoms with Crippen LogP contribution in [0.2, 0.25) is 5.02 Å². The lowest BCUT2D eigenvalue weighted by Gasteiger charge is -2.11. The van der Waals surface area contributed by atoms with Gasteiger partial charge < -0.3 is 8.97 Å². The molecule has 0 bridgehead atoms. The zero-order valence-corrected chi connectivity index (χ0v) is 15.0. The van der Waals surface area contributed by atoms with Crippen molar-refractivity contribution < 1.29 is 4.39 Å². The molecule has 1 aromatic carbocycles. The summed E-state index contributed by atoms with van der Waals surface area (Å²) < 4.78 is 18.9. The van der Waals surface area contributed by atoms with Crippen molar-refractivity contribution in [2.75, 3.05) is 0 Å². The second kappa shape index (κ2) is 5.68. The normalized spacial score (nSPS) is 13.5. The fourth-order valence-corrected chi connectivity index (χ4v) is 3.86. The molecule has 0 saturated heterocycles. The first kappa shape index (κ1) is 15.6. The van der Waals surface area contributed by atoms with Crippen LogP contribution in [0, 0.1) is 12.7 Å². The summed E-state index contributed by atoms with van der Waals surface area (Å²) >= 11 is 6.08. The molecular weight excluding hydrogens is 351 g/mol. The maximum Gasteiger partial charge on any atom is 0.136 e. The van der Waals surface area contributed by atoms with Crippen LogP contribution in [0.1, 0.15) is 17.8 Å². The zero-order chi connectivity index (χ0) is 17.8. The van der Waals surface area contributed by atoms with Crippen molar-refractivity contribution in [3.8, 4) is 22.5 Å². The van der Waals surface area contributed by atoms with Crippen LogP contribution in [0.25, 0.3) is 28.2 Å². The summed E-state index contributed by atoms with van der Waals surface area (Å²) in [7, 11) is 0. The van der Waals surface area contributed by atoms with Gasteiger partial charge in [-0.25, -0.2) is 14.4 Å². The Labute approximate surface area is 154 Å². The van der Waals surface area contributed by atoms with E-state index in [9.17, 15) is 4.39 Å². The Morgan fingerprint density at radius 2 is 2.12 bits per heavy atom. The number of aryl methyl sites for hydroxylation is 2. The van der Waals surface area contributed by atoms with Crippen molar-refractivity contribution >= 4 is 17.2 Å². The van der Waals surface area contributed by atoms with E-state index in [2.05, 4.69) is 9.55 Å². The van der Waals surface area contributed by atoms with Gasteiger partial charge in [-0.1, -0.05) is 11.6 Å². The molecule has 6 heteroatoms. The maximum atomic E-state index is 14.7. The zero-order valence-electron chi connectivity index (χ0n) is 14.2. The SMILES string of the molecule is Cc1cc(-c2nc3n(c2-c2ccc4nccn4c2)CCC3)c(F)cc1Cl. The van der Waals surface area contributed by atoms with E-state index in [1.165, 1.54) is 6.07 Å². The molecule has 130 valence electrons. The number of nitrogens with zero attached hydrogens (tertiary/aromatic N) is 4. The predicted octanol–water partition coefficient (Wildman–Crippen LogP) is 4.91. The Balaban J connectivity index is 1.78. The van der Waals surface area contributed by atoms with E-state index in [0.29, 0.717) is 16.3 Å². The Kier molecular flexibility index (Phi) is 3.40. The lowest BCUT2D eigenvalue weighted by molar-refractivity contribution is 0.630. The van der Waals surface area contributed by atoms with Crippen molar-refractivity contribution in [3.63, 3.8) is 0 Å². The van der Waals surface area contributed by atoms with Gasteiger partial charge in [0.05, 0.1) is 11.4 Å². The highest BCUT2D eigenvalue weighted by molar-refractivity contribution is 6.31. The molecule has 4 nitrogen and oxygen atoms in total. The first-order chi connectivity index (χ1) is 12.6. The van der Waals surface area contributed by atoms with E-state index in [1.54, 1.807) is 12.3 Å². The number of aromatic nitrogens is 4. The minimum atomic E-state index is -0.345. The van der Waals surface area contributed by atoms with Crippen LogP contribution in [-0.2, 0) is 13.0 Å². The fraction of sp³-hybridized carbons (Fsp3) is 0.200. The smallest absolute Gasteiger partial charge is 0.136 e. The summed E-state index contributed by atoms with van der Waals surface area (Å²) in [5.41, 5.74) is 4.84. The van der Waals surface area contributed by atoms with E-state index in [4.69, 9.17) is 16.6 Å². The highest BCUT2D eigenvalue weighted by Crippen LogP contribution is 2.38. The molecule has 4 heterocycles. The number of hydrogen-bond donors (Lipinski definition) is 0. The second-order valence-corrected chi connectivity index (χ2v) is 7.08. The topological polar surface area (TPSA) is 35.1 Å². The van der Waals surface area contributed by atoms with Crippen LogP contribution in [0.15, 0.2) is 42.9 Å². The standard InChI is InChI=1S/C20H16ClFN4/c1-12-9-14(16(22)10-15(12)21)19-20(26-7-2-3-18(26)24-19)13-4-5-17-23-6-8-25(17)11-13/h4-6,8-11H,2-3,7H2,1H3. The van der Waals surface area contributed by atoms with Gasteiger partial charge in [-0.05, 0) is 43.2 Å². The van der Waals surface area contributed by atoms with Crippen molar-refractivity contribution in [1.29, 1.82) is 0 Å². The summed E-state index contributed by atoms with van der Waals surface area (Å²) in [6.45, 7) is 2.78. The molecule has 0 atom stereocenters. The third-order valence-electron chi connectivity index (χ3n) is 4.99. The van der Waals surface area contributed by atoms with Crippen molar-refractivity contribution in [2.45, 2.75) is 26.3 Å². The molecule has 3 aromatic heterocycles. The molecule has 0 fully saturated rings. The molecule has 0 aliphatic carbocycles. The summed E-state index contributed by atoms with van der Waals surface area (Å²) in [4.78, 5) is 9.09. The van der Waals surface area contributed by atoms with Crippen LogP contribution in [0.4, 0.5) is 4.39 Å². The van der Waals surface area contributed by atoms with Crippen LogP contribution in [-0.4, -0.2) is 18.9 Å². The van der Waals surface area contributed by atoms with Gasteiger partial charge in [0.2, 0.25) is 0 Å². The van der Waals surface area contributed by atoms with Gasteiger partial charge in [0.25, 0.3) is 0 Å². The van der Waals surface area contributed by atoms with Crippen LogP contribution in [0.3, 0.4) is 0 Å². The number of benzene rings is 1. The number of imidazole rings is 2. The molecule has 1 aliphatic rings. The minimum Gasteiger partial charge on any atom is -0.327 e. The predicted molar refractivity (Wildman–Crippen MR) is 99.9 cm³/mol. The lowest BCUT2D eigenvalue weighted by atomic mass is 10.0. The molecule has 4 aromatic rings. The Bertz CT molecular complexity index is 1160. The average Bonchev–Trinajstić information content (AvgIpc) is 3.32. The Morgan fingerprint density at radius 3 is 3.00 bits per heavy atom. The first-order valence-electron chi connectivity index (χ1n) is 8.60. The third-order valence-corrected chi connectivity index (χ3v) is 5.40. The van der Waals surface area contributed by atoms with Crippen molar-refractivity contribution in [3.05, 3.63) is 65.1 Å². The van der Waals surface area contributed by atoms with E-state index in [0.717, 1.165) is 47.7 Å². The number of hydrogen-bond acceptors (Lipinski definition) is 2. The van der Waals surface area contributed by atoms with Gasteiger partial charge in [-0.3, -0.25) is 0 Å². The summed E-state index contributed by atoms with van der Waals surface area (Å²) in [6.07, 6.45) is 7.67. The van der Waals surface area contributed by atoms with Gasteiger partial charge in [0.1, 0.15) is 17.3 Å². The molecule has 0 amide bonds. The van der Waals surface area contributed by atoms with Gasteiger partial charge in [0, 0.05) is 47.7 Å². The maximum absolute atomic E-state index is 14.7. The Hall–Kier alpha value is -2.66. The van der Waals surface area contributed by atoms with Gasteiger partial charge in [0.15, 0.2) is 0 Å². The van der Waals surface area contributed by atoms with E-state index < -0.39 is 0 Å². The number of pyridine rings is 1. The first-order valence-corrected chi connectivity index (χ1v) is 8.98. The highest BCUT2D eigenvalue weighted by Gasteiger charge is 2.25. The largest absolute Gasteiger partial charge is 0.327 e. The number of fused-ring (bicyclic) bond motifs is 2. The van der Waals surface area contributed by atoms with Gasteiger partial charge in [-0.15, -0.1) is 0 Å².